The van der Waals surface area contributed by atoms with E-state index in [1.807, 2.05) is 0 Å². The van der Waals surface area contributed by atoms with Crippen LogP contribution in [-0.4, -0.2) is 78.4 Å². The lowest BCUT2D eigenvalue weighted by molar-refractivity contribution is 0.0510. The molecule has 3 aliphatic heterocycles. The van der Waals surface area contributed by atoms with Crippen molar-refractivity contribution in [1.82, 2.24) is 0 Å². The van der Waals surface area contributed by atoms with Gasteiger partial charge in [-0.1, -0.05) is 257 Å². The van der Waals surface area contributed by atoms with E-state index in [4.69, 9.17) is 14.2 Å². The van der Waals surface area contributed by atoms with Crippen molar-refractivity contribution in [2.45, 2.75) is 248 Å². The van der Waals surface area contributed by atoms with Gasteiger partial charge in [0.25, 0.3) is 0 Å². The average molecular weight is 1190 g/mol. The molecule has 7 aliphatic rings. The van der Waals surface area contributed by atoms with Crippen LogP contribution in [0.2, 0.25) is 0 Å². The molecule has 4 N–H and O–H groups in total. The Morgan fingerprint density at radius 1 is 0.333 bits per heavy atom. The Balaban J connectivity index is 0.000000278. The lowest BCUT2D eigenvalue weighted by atomic mass is 9.63. The topological polar surface area (TPSA) is 119 Å². The number of aliphatic hydroxyl groups is 4. The summed E-state index contributed by atoms with van der Waals surface area (Å²) in [5.74, 6) is 0. The Hall–Kier alpha value is -5.22. The quantitative estimate of drug-likeness (QED) is 0.0708. The van der Waals surface area contributed by atoms with Crippen molar-refractivity contribution in [3.05, 3.63) is 226 Å². The molecule has 0 unspecified atom stereocenters. The lowest BCUT2D eigenvalue weighted by Crippen LogP contribution is -2.46. The molecule has 6 fully saturated rings. The van der Waals surface area contributed by atoms with Crippen LogP contribution in [0.25, 0.3) is 0 Å². The van der Waals surface area contributed by atoms with Crippen LogP contribution in [0.5, 0.6) is 0 Å². The summed E-state index contributed by atoms with van der Waals surface area (Å²) in [6.07, 6.45) is 64.4. The molecular weight excluding hydrogens is 1070 g/mol. The molecule has 0 amide bonds. The maximum Gasteiger partial charge on any atom is 0.121 e. The van der Waals surface area contributed by atoms with Gasteiger partial charge in [0.1, 0.15) is 33.6 Å². The third-order valence-corrected chi connectivity index (χ3v) is 19.8. The normalized spacial score (nSPS) is 35.8. The number of ether oxygens (including phenoxy) is 3. The van der Waals surface area contributed by atoms with Crippen molar-refractivity contribution in [1.29, 1.82) is 0 Å². The highest BCUT2D eigenvalue weighted by atomic mass is 16.6. The van der Waals surface area contributed by atoms with E-state index in [1.54, 1.807) is 0 Å². The highest BCUT2D eigenvalue weighted by Gasteiger charge is 2.76. The van der Waals surface area contributed by atoms with Gasteiger partial charge in [-0.2, -0.15) is 0 Å². The van der Waals surface area contributed by atoms with Crippen LogP contribution < -0.4 is 0 Å². The van der Waals surface area contributed by atoms with Gasteiger partial charge < -0.3 is 34.6 Å². The summed E-state index contributed by atoms with van der Waals surface area (Å²) in [5, 5.41) is 40.9. The van der Waals surface area contributed by atoms with Crippen LogP contribution in [-0.2, 0) is 14.2 Å². The molecule has 0 spiro atoms. The zero-order valence-corrected chi connectivity index (χ0v) is 57.1. The first-order chi connectivity index (χ1) is 40.4. The lowest BCUT2D eigenvalue weighted by Gasteiger charge is -2.39. The summed E-state index contributed by atoms with van der Waals surface area (Å²) < 4.78 is 18.7. The minimum absolute atomic E-state index is 0.00262. The van der Waals surface area contributed by atoms with E-state index >= 15 is 0 Å². The monoisotopic (exact) mass is 1180 g/mol. The molecule has 474 valence electrons. The van der Waals surface area contributed by atoms with Crippen molar-refractivity contribution in [2.75, 3.05) is 0 Å². The summed E-state index contributed by atoms with van der Waals surface area (Å²) in [7, 11) is 0. The largest absolute Gasteiger partial charge is 0.393 e. The fourth-order valence-electron chi connectivity index (χ4n) is 15.0. The predicted molar refractivity (Wildman–Crippen MR) is 367 cm³/mol. The van der Waals surface area contributed by atoms with Gasteiger partial charge in [-0.3, -0.25) is 0 Å². The van der Waals surface area contributed by atoms with Crippen LogP contribution in [0.3, 0.4) is 0 Å². The van der Waals surface area contributed by atoms with Gasteiger partial charge in [0, 0.05) is 35.5 Å². The Bertz CT molecular complexity index is 3020. The van der Waals surface area contributed by atoms with Crippen molar-refractivity contribution < 1.29 is 34.6 Å². The van der Waals surface area contributed by atoms with Gasteiger partial charge in [-0.05, 0) is 144 Å². The first kappa shape index (κ1) is 70.9. The fourth-order valence-corrected chi connectivity index (χ4v) is 15.0. The summed E-state index contributed by atoms with van der Waals surface area (Å²) in [6, 6.07) is 0. The maximum absolute atomic E-state index is 10.3. The van der Waals surface area contributed by atoms with Gasteiger partial charge in [-0.15, -0.1) is 0 Å². The van der Waals surface area contributed by atoms with Gasteiger partial charge in [-0.25, -0.2) is 0 Å². The number of aliphatic hydroxyl groups excluding tert-OH is 4. The van der Waals surface area contributed by atoms with Crippen LogP contribution in [0, 0.1) is 21.7 Å². The number of epoxide rings is 3. The predicted octanol–water partition coefficient (Wildman–Crippen LogP) is 18.7. The van der Waals surface area contributed by atoms with Crippen molar-refractivity contribution in [2.24, 2.45) is 21.7 Å². The van der Waals surface area contributed by atoms with Crippen molar-refractivity contribution in [3.63, 3.8) is 0 Å². The molecule has 7 rings (SSSR count). The number of allylic oxidation sites excluding steroid dienone is 34. The third kappa shape index (κ3) is 17.2. The van der Waals surface area contributed by atoms with E-state index in [9.17, 15) is 20.4 Å². The van der Waals surface area contributed by atoms with E-state index < -0.39 is 0 Å². The molecule has 3 saturated heterocycles. The molecule has 10 atom stereocenters. The Morgan fingerprint density at radius 3 is 0.851 bits per heavy atom. The number of rotatable bonds is 20. The Labute approximate surface area is 527 Å². The van der Waals surface area contributed by atoms with Crippen LogP contribution >= 0.6 is 0 Å². The minimum Gasteiger partial charge on any atom is -0.393 e. The van der Waals surface area contributed by atoms with E-state index in [2.05, 4.69) is 309 Å². The first-order valence-corrected chi connectivity index (χ1v) is 32.1. The molecule has 0 radical (unpaired) electrons. The Morgan fingerprint density at radius 2 is 0.586 bits per heavy atom. The molecule has 0 bridgehead atoms. The highest BCUT2D eigenvalue weighted by Crippen LogP contribution is 2.68. The van der Waals surface area contributed by atoms with E-state index in [-0.39, 0.29) is 79.7 Å². The second-order valence-corrected chi connectivity index (χ2v) is 30.0. The van der Waals surface area contributed by atoms with Crippen LogP contribution in [0.1, 0.15) is 190 Å². The summed E-state index contributed by atoms with van der Waals surface area (Å²) in [5.41, 5.74) is 10.1. The summed E-state index contributed by atoms with van der Waals surface area (Å²) in [6.45, 7) is 42.9. The highest BCUT2D eigenvalue weighted by molar-refractivity contribution is 5.42. The Kier molecular flexibility index (Phi) is 22.7. The SMILES string of the molecule is CC(/C=C/C=C(C)/C=C/[C@@]12O[C@]1(C)C[C@@H](O)CC2(C)C)=C\C=C\C=C(C)\C=C\C=C(C)\C=C\[C@@]12O[C@]1(C)C[C@@H](O)CC2(C)C.CC1=C(/C=C/C(C)=C/C=C/C(C)=C/C=C/C=C(C)/C=C/C=C(C)/C=C/[C@@]23O[C@]2(C)C[C@@H](O)CC3(C)C)C(C)(C)C[C@H](O)C1. The number of hydrogen-bond acceptors (Lipinski definition) is 7. The standard InChI is InChI=1S/C40H56O4.C40H56O3/c1-29(17-13-19-31(3)21-23-39-35(5,6)25-33(41)27-37(39,9)43-39)15-11-12-16-30(2)18-14-20-32(4)22-24-40-36(7,8)26-34(42)28-38(40,10)44-40;1-29(17-13-19-31(3)21-22-36-33(5)25-34(41)26-37(36,6)7)15-11-12-16-30(2)18-14-20-32(4)23-24-40-38(8,9)27-35(42)28-39(40,10)43-40/h11-24,33-34,41-42H,25-28H2,1-10H3;11-24,34-35,41-42H,25-28H2,1-10H3/b12-11+,17-13+,18-14+,23-21+,24-22+,29-15+,30-16+,31-19+,32-20+;12-11+,17-13+,18-14+,22-21+,24-23+,29-15+,30-16+,31-19+,32-20+/t33-,34-,37+,38+,39-,40-;34-,35+,39-,40+/m01/s1. The van der Waals surface area contributed by atoms with E-state index in [1.165, 1.54) is 55.7 Å². The maximum atomic E-state index is 10.3. The zero-order chi connectivity index (χ0) is 64.7. The molecule has 87 heavy (non-hydrogen) atoms. The molecule has 3 saturated carbocycles. The average Bonchev–Trinajstić information content (AvgIpc) is 1.54. The van der Waals surface area contributed by atoms with Crippen molar-refractivity contribution >= 4 is 0 Å². The van der Waals surface area contributed by atoms with Crippen LogP contribution in [0.15, 0.2) is 226 Å². The summed E-state index contributed by atoms with van der Waals surface area (Å²) >= 11 is 0. The first-order valence-electron chi connectivity index (χ1n) is 32.1. The molecule has 0 aromatic rings. The van der Waals surface area contributed by atoms with Gasteiger partial charge in [0.2, 0.25) is 0 Å². The summed E-state index contributed by atoms with van der Waals surface area (Å²) in [4.78, 5) is 0. The molecule has 0 aromatic heterocycles. The van der Waals surface area contributed by atoms with Crippen LogP contribution in [0.4, 0.5) is 0 Å². The molecule has 7 heteroatoms. The molecular formula is C80H112O7. The fraction of sp³-hybridized carbons (Fsp3) is 0.525. The molecule has 7 nitrogen and oxygen atoms in total. The van der Waals surface area contributed by atoms with Gasteiger partial charge in [0.05, 0.1) is 24.4 Å². The molecule has 0 aromatic carbocycles. The van der Waals surface area contributed by atoms with Gasteiger partial charge in [0.15, 0.2) is 0 Å². The van der Waals surface area contributed by atoms with Crippen molar-refractivity contribution in [3.8, 4) is 0 Å². The number of fused-ring (bicyclic) bond motifs is 3. The second-order valence-electron chi connectivity index (χ2n) is 30.0. The minimum atomic E-state index is -0.294. The van der Waals surface area contributed by atoms with Gasteiger partial charge >= 0.3 is 0 Å². The van der Waals surface area contributed by atoms with E-state index in [0.717, 1.165) is 32.1 Å². The zero-order valence-electron chi connectivity index (χ0n) is 57.1. The molecule has 4 aliphatic carbocycles. The molecule has 3 heterocycles. The third-order valence-electron chi connectivity index (χ3n) is 19.8. The second kappa shape index (κ2) is 27.9. The van der Waals surface area contributed by atoms with E-state index in [0.29, 0.717) is 19.3 Å². The number of hydrogen-bond donors (Lipinski definition) is 4. The smallest absolute Gasteiger partial charge is 0.121 e.